The summed E-state index contributed by atoms with van der Waals surface area (Å²) in [5.41, 5.74) is 6.42. The predicted molar refractivity (Wildman–Crippen MR) is 123 cm³/mol. The zero-order valence-electron chi connectivity index (χ0n) is 18.7. The van der Waals surface area contributed by atoms with Gasteiger partial charge < -0.3 is 21.1 Å². The first-order valence-corrected chi connectivity index (χ1v) is 11.7. The van der Waals surface area contributed by atoms with E-state index in [1.807, 2.05) is 30.3 Å². The molecule has 33 heavy (non-hydrogen) atoms. The van der Waals surface area contributed by atoms with Crippen LogP contribution in [0.3, 0.4) is 0 Å². The molecule has 0 radical (unpaired) electrons. The van der Waals surface area contributed by atoms with Crippen molar-refractivity contribution in [2.45, 2.75) is 43.5 Å². The summed E-state index contributed by atoms with van der Waals surface area (Å²) >= 11 is 1.21. The number of carboxylic acid groups (broad SMARTS) is 1. The number of likely N-dealkylation sites (tertiary alicyclic amines) is 1. The zero-order valence-corrected chi connectivity index (χ0v) is 19.5. The fourth-order valence-electron chi connectivity index (χ4n) is 3.34. The maximum atomic E-state index is 12.6. The number of hydrogen-bond acceptors (Lipinski definition) is 7. The van der Waals surface area contributed by atoms with Crippen molar-refractivity contribution in [3.63, 3.8) is 0 Å². The Hall–Kier alpha value is -2.92. The molecule has 4 N–H and O–H groups in total. The molecule has 1 heterocycles. The van der Waals surface area contributed by atoms with Crippen LogP contribution in [0.4, 0.5) is 0 Å². The Bertz CT molecular complexity index is 881. The molecule has 0 bridgehead atoms. The van der Waals surface area contributed by atoms with E-state index >= 15 is 0 Å². The molecule has 1 aliphatic rings. The molecule has 0 spiro atoms. The number of hydrogen-bond donors (Lipinski definition) is 3. The molecule has 0 saturated carbocycles. The Kier molecular flexibility index (Phi) is 9.86. The molecule has 3 atom stereocenters. The number of thioether (sulfide) groups is 1. The Morgan fingerprint density at radius 3 is 2.55 bits per heavy atom. The van der Waals surface area contributed by atoms with Crippen LogP contribution in [0.15, 0.2) is 30.3 Å². The molecular weight excluding hydrogens is 448 g/mol. The molecule has 0 aromatic heterocycles. The number of benzene rings is 1. The molecular formula is C22H30N4O6S. The maximum absolute atomic E-state index is 12.6. The molecule has 11 heteroatoms. The second-order valence-electron chi connectivity index (χ2n) is 7.81. The summed E-state index contributed by atoms with van der Waals surface area (Å²) < 4.78 is 0. The van der Waals surface area contributed by atoms with Crippen LogP contribution in [-0.4, -0.2) is 87.7 Å². The number of amides is 4. The molecule has 0 aliphatic carbocycles. The molecule has 1 aromatic rings. The number of nitrogens with one attached hydrogen (secondary N) is 1. The van der Waals surface area contributed by atoms with Crippen LogP contribution in [0.2, 0.25) is 0 Å². The summed E-state index contributed by atoms with van der Waals surface area (Å²) in [7, 11) is 1.42. The second-order valence-corrected chi connectivity index (χ2v) is 9.13. The molecule has 2 rings (SSSR count). The summed E-state index contributed by atoms with van der Waals surface area (Å²) in [5.74, 6) is -2.29. The van der Waals surface area contributed by atoms with Gasteiger partial charge in [0.1, 0.15) is 6.04 Å². The highest BCUT2D eigenvalue weighted by molar-refractivity contribution is 8.00. The van der Waals surface area contributed by atoms with Gasteiger partial charge in [0.05, 0.1) is 11.3 Å². The van der Waals surface area contributed by atoms with Gasteiger partial charge in [-0.1, -0.05) is 30.3 Å². The van der Waals surface area contributed by atoms with E-state index in [1.165, 1.54) is 25.7 Å². The number of imide groups is 1. The monoisotopic (exact) mass is 478 g/mol. The molecule has 1 aromatic carbocycles. The Morgan fingerprint density at radius 1 is 1.27 bits per heavy atom. The predicted octanol–water partition coefficient (Wildman–Crippen LogP) is -0.145. The van der Waals surface area contributed by atoms with Crippen molar-refractivity contribution in [1.29, 1.82) is 0 Å². The van der Waals surface area contributed by atoms with Gasteiger partial charge in [0, 0.05) is 38.7 Å². The maximum Gasteiger partial charge on any atom is 0.326 e. The van der Waals surface area contributed by atoms with Crippen LogP contribution in [0, 0.1) is 0 Å². The fraction of sp³-hybridized carbons (Fsp3) is 0.500. The largest absolute Gasteiger partial charge is 0.480 e. The van der Waals surface area contributed by atoms with Crippen LogP contribution in [0.5, 0.6) is 0 Å². The van der Waals surface area contributed by atoms with Crippen LogP contribution >= 0.6 is 11.8 Å². The fourth-order valence-corrected chi connectivity index (χ4v) is 4.45. The topological polar surface area (TPSA) is 150 Å². The lowest BCUT2D eigenvalue weighted by Gasteiger charge is -2.21. The quantitative estimate of drug-likeness (QED) is 0.331. The third-order valence-electron chi connectivity index (χ3n) is 5.52. The van der Waals surface area contributed by atoms with Gasteiger partial charge in [-0.25, -0.2) is 4.79 Å². The van der Waals surface area contributed by atoms with Crippen molar-refractivity contribution in [3.8, 4) is 0 Å². The third kappa shape index (κ3) is 7.57. The third-order valence-corrected chi connectivity index (χ3v) is 6.73. The van der Waals surface area contributed by atoms with E-state index < -0.39 is 29.2 Å². The average molecular weight is 479 g/mol. The van der Waals surface area contributed by atoms with Gasteiger partial charge in [-0.2, -0.15) is 0 Å². The SMILES string of the molecule is C[C@@H](C(=O)O)N(C)C(=O)CCSC1CC(=O)N(CCN[C@H](Cc2ccccc2)C(N)=O)C1=O. The van der Waals surface area contributed by atoms with Crippen LogP contribution in [-0.2, 0) is 30.4 Å². The van der Waals surface area contributed by atoms with E-state index in [0.717, 1.165) is 15.4 Å². The van der Waals surface area contributed by atoms with Gasteiger partial charge in [-0.15, -0.1) is 11.8 Å². The highest BCUT2D eigenvalue weighted by Gasteiger charge is 2.38. The van der Waals surface area contributed by atoms with E-state index in [-0.39, 0.29) is 43.7 Å². The number of carboxylic acids is 1. The lowest BCUT2D eigenvalue weighted by atomic mass is 10.1. The number of nitrogens with two attached hydrogens (primary N) is 1. The summed E-state index contributed by atoms with van der Waals surface area (Å²) in [6, 6.07) is 7.82. The number of carbonyl (C=O) groups excluding carboxylic acids is 4. The Balaban J connectivity index is 1.79. The first-order chi connectivity index (χ1) is 15.6. The van der Waals surface area contributed by atoms with Crippen LogP contribution in [0.25, 0.3) is 0 Å². The van der Waals surface area contributed by atoms with Crippen molar-refractivity contribution < 1.29 is 29.1 Å². The normalized spacial score (nSPS) is 17.6. The van der Waals surface area contributed by atoms with Gasteiger partial charge >= 0.3 is 5.97 Å². The molecule has 180 valence electrons. The van der Waals surface area contributed by atoms with E-state index in [4.69, 9.17) is 10.8 Å². The summed E-state index contributed by atoms with van der Waals surface area (Å²) in [6.45, 7) is 1.76. The number of nitrogens with zero attached hydrogens (tertiary/aromatic N) is 2. The van der Waals surface area contributed by atoms with Gasteiger partial charge in [-0.3, -0.25) is 24.1 Å². The van der Waals surface area contributed by atoms with Gasteiger partial charge in [0.15, 0.2) is 0 Å². The summed E-state index contributed by atoms with van der Waals surface area (Å²) in [6.07, 6.45) is 0.514. The van der Waals surface area contributed by atoms with E-state index in [9.17, 15) is 24.0 Å². The minimum Gasteiger partial charge on any atom is -0.480 e. The second kappa shape index (κ2) is 12.4. The molecule has 1 saturated heterocycles. The smallest absolute Gasteiger partial charge is 0.326 e. The molecule has 1 unspecified atom stereocenters. The number of likely N-dealkylation sites (N-methyl/N-ethyl adjacent to an activating group) is 1. The Labute approximate surface area is 196 Å². The van der Waals surface area contributed by atoms with Crippen molar-refractivity contribution in [2.75, 3.05) is 25.9 Å². The standard InChI is InChI=1S/C22H30N4O6S/c1-14(22(31)32)25(2)18(27)8-11-33-17-13-19(28)26(21(17)30)10-9-24-16(20(23)29)12-15-6-4-3-5-7-15/h3-7,14,16-17,24H,8-13H2,1-2H3,(H2,23,29)(H,31,32)/t14-,16+,17?/m0/s1. The molecule has 1 fully saturated rings. The number of carbonyl (C=O) groups is 5. The van der Waals surface area contributed by atoms with Gasteiger partial charge in [-0.05, 0) is 18.9 Å². The number of primary amides is 1. The number of rotatable bonds is 13. The minimum absolute atomic E-state index is 0.0440. The molecule has 1 aliphatic heterocycles. The first kappa shape index (κ1) is 26.3. The van der Waals surface area contributed by atoms with Crippen LogP contribution in [0.1, 0.15) is 25.3 Å². The van der Waals surface area contributed by atoms with Gasteiger partial charge in [0.25, 0.3) is 0 Å². The molecule has 4 amide bonds. The van der Waals surface area contributed by atoms with E-state index in [0.29, 0.717) is 12.2 Å². The molecule has 10 nitrogen and oxygen atoms in total. The first-order valence-electron chi connectivity index (χ1n) is 10.6. The zero-order chi connectivity index (χ0) is 24.5. The Morgan fingerprint density at radius 2 is 1.94 bits per heavy atom. The summed E-state index contributed by atoms with van der Waals surface area (Å²) in [5, 5.41) is 11.4. The average Bonchev–Trinajstić information content (AvgIpc) is 3.05. The van der Waals surface area contributed by atoms with Crippen molar-refractivity contribution in [2.24, 2.45) is 5.73 Å². The van der Waals surface area contributed by atoms with Gasteiger partial charge in [0.2, 0.25) is 23.6 Å². The minimum atomic E-state index is -1.10. The summed E-state index contributed by atoms with van der Waals surface area (Å²) in [4.78, 5) is 62.1. The van der Waals surface area contributed by atoms with Crippen molar-refractivity contribution >= 4 is 41.4 Å². The van der Waals surface area contributed by atoms with E-state index in [1.54, 1.807) is 0 Å². The number of aliphatic carboxylic acids is 1. The van der Waals surface area contributed by atoms with Crippen molar-refractivity contribution in [3.05, 3.63) is 35.9 Å². The van der Waals surface area contributed by atoms with E-state index in [2.05, 4.69) is 5.32 Å². The highest BCUT2D eigenvalue weighted by Crippen LogP contribution is 2.25. The lowest BCUT2D eigenvalue weighted by Crippen LogP contribution is -2.46. The lowest BCUT2D eigenvalue weighted by molar-refractivity contribution is -0.148. The van der Waals surface area contributed by atoms with Crippen molar-refractivity contribution in [1.82, 2.24) is 15.1 Å². The highest BCUT2D eigenvalue weighted by atomic mass is 32.2. The van der Waals surface area contributed by atoms with Crippen LogP contribution < -0.4 is 11.1 Å².